The minimum atomic E-state index is 0.128. The van der Waals surface area contributed by atoms with E-state index >= 15 is 0 Å². The molecule has 6 aromatic carbocycles. The number of alkyl halides is 1. The molecule has 8 aromatic rings. The lowest BCUT2D eigenvalue weighted by Crippen LogP contribution is -2.10. The predicted molar refractivity (Wildman–Crippen MR) is 305 cm³/mol. The van der Waals surface area contributed by atoms with Crippen molar-refractivity contribution in [1.82, 2.24) is 30.0 Å². The lowest BCUT2D eigenvalue weighted by Gasteiger charge is -2.19. The van der Waals surface area contributed by atoms with E-state index in [1.807, 2.05) is 15.7 Å². The van der Waals surface area contributed by atoms with Crippen LogP contribution < -0.4 is 0 Å². The van der Waals surface area contributed by atoms with Crippen molar-refractivity contribution in [2.24, 2.45) is 0 Å². The molecule has 0 bridgehead atoms. The van der Waals surface area contributed by atoms with Crippen molar-refractivity contribution in [3.05, 3.63) is 156 Å². The molecule has 0 aliphatic carbocycles. The summed E-state index contributed by atoms with van der Waals surface area (Å²) >= 11 is 5.84. The van der Waals surface area contributed by atoms with Crippen molar-refractivity contribution in [2.45, 2.75) is 163 Å². The van der Waals surface area contributed by atoms with Crippen LogP contribution in [-0.2, 0) is 34.7 Å². The minimum Gasteiger partial charge on any atom is -0.184 e. The van der Waals surface area contributed by atoms with E-state index in [4.69, 9.17) is 32.0 Å². The van der Waals surface area contributed by atoms with E-state index in [-0.39, 0.29) is 21.7 Å². The molecule has 0 spiro atoms. The number of rotatable bonds is 15. The molecule has 0 N–H and O–H groups in total. The molecular weight excluding hydrogens is 888 g/mol. The molecule has 7 heteroatoms. The van der Waals surface area contributed by atoms with E-state index in [1.54, 1.807) is 0 Å². The Hall–Kier alpha value is -5.85. The largest absolute Gasteiger partial charge is 0.184 e. The van der Waals surface area contributed by atoms with E-state index in [1.165, 1.54) is 44.5 Å². The summed E-state index contributed by atoms with van der Waals surface area (Å²) in [6.07, 6.45) is 9.57. The molecule has 71 heavy (non-hydrogen) atoms. The van der Waals surface area contributed by atoms with Crippen molar-refractivity contribution >= 4 is 33.7 Å². The first-order chi connectivity index (χ1) is 33.6. The second kappa shape index (κ2) is 22.3. The molecule has 2 heterocycles. The normalized spacial score (nSPS) is 12.4. The highest BCUT2D eigenvalue weighted by molar-refractivity contribution is 6.17. The summed E-state index contributed by atoms with van der Waals surface area (Å²) in [5, 5.41) is 20.0. The first-order valence-corrected chi connectivity index (χ1v) is 26.6. The fourth-order valence-electron chi connectivity index (χ4n) is 9.04. The number of benzene rings is 6. The van der Waals surface area contributed by atoms with E-state index in [0.29, 0.717) is 0 Å². The fraction of sp³-hybridized carbons (Fsp3) is 0.406. The zero-order valence-corrected chi connectivity index (χ0v) is 45.7. The summed E-state index contributed by atoms with van der Waals surface area (Å²) in [5.74, 6) is 0.735. The Morgan fingerprint density at radius 2 is 0.620 bits per heavy atom. The van der Waals surface area contributed by atoms with Crippen LogP contribution in [0.5, 0.6) is 0 Å². The van der Waals surface area contributed by atoms with Gasteiger partial charge in [-0.3, -0.25) is 0 Å². The van der Waals surface area contributed by atoms with Gasteiger partial charge in [-0.05, 0) is 98.3 Å². The average molecular weight is 968 g/mol. The van der Waals surface area contributed by atoms with Gasteiger partial charge in [0.2, 0.25) is 0 Å². The van der Waals surface area contributed by atoms with Crippen molar-refractivity contribution in [2.75, 3.05) is 5.88 Å². The van der Waals surface area contributed by atoms with Crippen LogP contribution in [0.1, 0.15) is 150 Å². The van der Waals surface area contributed by atoms with Gasteiger partial charge in [0.25, 0.3) is 0 Å². The number of hydrogen-bond donors (Lipinski definition) is 0. The Morgan fingerprint density at radius 1 is 0.366 bits per heavy atom. The number of allylic oxidation sites excluding steroid dienone is 1. The smallest absolute Gasteiger partial charge is 0.121 e. The van der Waals surface area contributed by atoms with Crippen LogP contribution in [0.4, 0.5) is 0 Å². The molecule has 372 valence electrons. The van der Waals surface area contributed by atoms with Gasteiger partial charge in [0.1, 0.15) is 22.1 Å². The number of aromatic nitrogens is 6. The summed E-state index contributed by atoms with van der Waals surface area (Å²) in [6, 6.07) is 44.5. The quantitative estimate of drug-likeness (QED) is 0.0583. The van der Waals surface area contributed by atoms with Crippen LogP contribution in [0.25, 0.3) is 66.6 Å². The summed E-state index contributed by atoms with van der Waals surface area (Å²) in [5.41, 5.74) is 19.0. The summed E-state index contributed by atoms with van der Waals surface area (Å²) in [4.78, 5) is 3.78. The van der Waals surface area contributed by atoms with Gasteiger partial charge in [-0.25, -0.2) is 0 Å². The third-order valence-corrected chi connectivity index (χ3v) is 13.9. The van der Waals surface area contributed by atoms with E-state index in [2.05, 4.69) is 211 Å². The van der Waals surface area contributed by atoms with Gasteiger partial charge in [0.15, 0.2) is 0 Å². The number of unbranched alkanes of at least 4 members (excludes halogenated alkanes) is 5. The maximum absolute atomic E-state index is 5.84. The third kappa shape index (κ3) is 13.2. The minimum absolute atomic E-state index is 0.128. The lowest BCUT2D eigenvalue weighted by molar-refractivity contribution is 0.495. The zero-order valence-electron chi connectivity index (χ0n) is 45.0. The van der Waals surface area contributed by atoms with Gasteiger partial charge in [0, 0.05) is 28.1 Å². The highest BCUT2D eigenvalue weighted by Gasteiger charge is 2.21. The van der Waals surface area contributed by atoms with Crippen LogP contribution in [0, 0.1) is 0 Å². The second-order valence-corrected chi connectivity index (χ2v) is 23.9. The highest BCUT2D eigenvalue weighted by Crippen LogP contribution is 2.38. The Morgan fingerprint density at radius 3 is 0.859 bits per heavy atom. The maximum Gasteiger partial charge on any atom is 0.121 e. The summed E-state index contributed by atoms with van der Waals surface area (Å²) in [7, 11) is 0. The fourth-order valence-corrected chi connectivity index (χ4v) is 9.23. The SMILES string of the molecule is C=CCCCCn1nc2c(-c3ccc(C(C)(C)C)cc3)ccc(-c3ccc(C(C)(C)C)cc3)c2n1.CC(C)(C)c1ccc(-c2ccc(-c3ccc(C(C)(C)C)cc3)c3nn(CCCCCCCl)nc23)cc1. The predicted octanol–water partition coefficient (Wildman–Crippen LogP) is 17.9. The number of aryl methyl sites for hydroxylation is 2. The first kappa shape index (κ1) is 53.0. The standard InChI is InChI=1S/C32H40ClN3.C32H39N3/c1-31(2,3)25-15-11-23(12-16-25)27-19-20-28(24-13-17-26(18-14-24)32(4,5)6)30-29(27)34-36(35-30)22-10-8-7-9-21-33;1-8-9-10-11-22-35-33-29-27(23-12-16-25(17-13-23)31(2,3)4)20-21-28(30(29)34-35)24-14-18-26(19-15-24)32(5,6)7/h11-20H,7-10,21-22H2,1-6H3;8,12-21H,1,9-11,22H2,2-7H3. The first-order valence-electron chi connectivity index (χ1n) is 26.0. The molecule has 0 saturated heterocycles. The Balaban J connectivity index is 0.000000209. The van der Waals surface area contributed by atoms with Crippen LogP contribution in [0.2, 0.25) is 0 Å². The molecule has 0 radical (unpaired) electrons. The molecule has 0 aliphatic heterocycles. The number of fused-ring (bicyclic) bond motifs is 2. The second-order valence-electron chi connectivity index (χ2n) is 23.5. The van der Waals surface area contributed by atoms with E-state index in [9.17, 15) is 0 Å². The van der Waals surface area contributed by atoms with Gasteiger partial charge in [-0.2, -0.15) is 30.0 Å². The average Bonchev–Trinajstić information content (AvgIpc) is 3.97. The maximum atomic E-state index is 5.84. The number of hydrogen-bond acceptors (Lipinski definition) is 4. The van der Waals surface area contributed by atoms with Crippen LogP contribution >= 0.6 is 11.6 Å². The van der Waals surface area contributed by atoms with Crippen LogP contribution in [0.15, 0.2) is 134 Å². The Labute approximate surface area is 431 Å². The van der Waals surface area contributed by atoms with Crippen molar-refractivity contribution in [3.63, 3.8) is 0 Å². The van der Waals surface area contributed by atoms with Gasteiger partial charge in [-0.1, -0.05) is 223 Å². The third-order valence-electron chi connectivity index (χ3n) is 13.7. The molecule has 0 aliphatic rings. The highest BCUT2D eigenvalue weighted by atomic mass is 35.5. The molecule has 0 unspecified atom stereocenters. The summed E-state index contributed by atoms with van der Waals surface area (Å²) < 4.78 is 0. The molecule has 2 aromatic heterocycles. The molecule has 0 fully saturated rings. The van der Waals surface area contributed by atoms with Crippen LogP contribution in [-0.4, -0.2) is 35.9 Å². The van der Waals surface area contributed by atoms with Gasteiger partial charge in [-0.15, -0.1) is 18.2 Å². The van der Waals surface area contributed by atoms with E-state index < -0.39 is 0 Å². The van der Waals surface area contributed by atoms with Crippen LogP contribution in [0.3, 0.4) is 0 Å². The topological polar surface area (TPSA) is 61.4 Å². The van der Waals surface area contributed by atoms with Crippen molar-refractivity contribution < 1.29 is 0 Å². The van der Waals surface area contributed by atoms with Gasteiger partial charge in [0.05, 0.1) is 13.1 Å². The lowest BCUT2D eigenvalue weighted by atomic mass is 9.85. The number of halogens is 1. The van der Waals surface area contributed by atoms with E-state index in [0.717, 1.165) is 108 Å². The molecular formula is C64H79ClN6. The van der Waals surface area contributed by atoms with Gasteiger partial charge >= 0.3 is 0 Å². The molecule has 0 amide bonds. The van der Waals surface area contributed by atoms with Crippen molar-refractivity contribution in [3.8, 4) is 44.5 Å². The Bertz CT molecular complexity index is 2810. The number of nitrogens with zero attached hydrogens (tertiary/aromatic N) is 6. The van der Waals surface area contributed by atoms with Gasteiger partial charge < -0.3 is 0 Å². The monoisotopic (exact) mass is 967 g/mol. The molecule has 0 atom stereocenters. The molecule has 8 rings (SSSR count). The Kier molecular flexibility index (Phi) is 16.6. The molecule has 6 nitrogen and oxygen atoms in total. The van der Waals surface area contributed by atoms with Crippen molar-refractivity contribution in [1.29, 1.82) is 0 Å². The zero-order chi connectivity index (χ0) is 51.1. The summed E-state index contributed by atoms with van der Waals surface area (Å²) in [6.45, 7) is 32.4. The molecule has 0 saturated carbocycles.